The first-order valence-electron chi connectivity index (χ1n) is 7.89. The van der Waals surface area contributed by atoms with E-state index < -0.39 is 5.60 Å². The van der Waals surface area contributed by atoms with Gasteiger partial charge in [-0.15, -0.1) is 0 Å². The average Bonchev–Trinajstić information content (AvgIpc) is 2.49. The average molecular weight is 293 g/mol. The molecule has 0 aromatic heterocycles. The fourth-order valence-corrected chi connectivity index (χ4v) is 2.83. The maximum absolute atomic E-state index is 10.7. The van der Waals surface area contributed by atoms with Crippen molar-refractivity contribution in [3.05, 3.63) is 35.9 Å². The molecule has 1 aliphatic rings. The van der Waals surface area contributed by atoms with Gasteiger partial charge in [0.05, 0.1) is 5.60 Å². The maximum Gasteiger partial charge on any atom is 0.0818 e. The zero-order valence-corrected chi connectivity index (χ0v) is 12.7. The molecule has 1 aromatic carbocycles. The normalized spacial score (nSPS) is 18.0. The Morgan fingerprint density at radius 2 is 1.81 bits per heavy atom. The lowest BCUT2D eigenvalue weighted by molar-refractivity contribution is -0.0811. The second-order valence-corrected chi connectivity index (χ2v) is 5.96. The molecule has 0 amide bonds. The molecule has 1 heterocycles. The predicted molar refractivity (Wildman–Crippen MR) is 83.0 cm³/mol. The summed E-state index contributed by atoms with van der Waals surface area (Å²) in [6.07, 6.45) is 3.18. The van der Waals surface area contributed by atoms with Gasteiger partial charge in [-0.25, -0.2) is 0 Å². The number of aliphatic hydroxyl groups is 2. The molecule has 1 fully saturated rings. The second-order valence-electron chi connectivity index (χ2n) is 5.96. The van der Waals surface area contributed by atoms with Crippen molar-refractivity contribution in [2.24, 2.45) is 0 Å². The van der Waals surface area contributed by atoms with Crippen molar-refractivity contribution in [1.29, 1.82) is 0 Å². The first-order valence-corrected chi connectivity index (χ1v) is 7.89. The van der Waals surface area contributed by atoms with Gasteiger partial charge >= 0.3 is 0 Å². The van der Waals surface area contributed by atoms with Crippen LogP contribution in [0, 0.1) is 0 Å². The van der Waals surface area contributed by atoms with Gasteiger partial charge in [0, 0.05) is 45.8 Å². The largest absolute Gasteiger partial charge is 0.396 e. The lowest BCUT2D eigenvalue weighted by Gasteiger charge is -2.37. The standard InChI is InChI=1S/C17H27NO3/c19-11-5-4-10-18(14-16-6-2-1-3-7-16)15-17(20)8-12-21-13-9-17/h1-3,6-7,19-20H,4-5,8-15H2. The Labute approximate surface area is 127 Å². The van der Waals surface area contributed by atoms with Crippen LogP contribution in [0.1, 0.15) is 31.2 Å². The monoisotopic (exact) mass is 293 g/mol. The Morgan fingerprint density at radius 3 is 2.48 bits per heavy atom. The van der Waals surface area contributed by atoms with Crippen molar-refractivity contribution in [2.75, 3.05) is 32.9 Å². The highest BCUT2D eigenvalue weighted by atomic mass is 16.5. The minimum absolute atomic E-state index is 0.233. The zero-order valence-electron chi connectivity index (χ0n) is 12.7. The van der Waals surface area contributed by atoms with Crippen LogP contribution in [-0.4, -0.2) is 53.6 Å². The molecule has 1 aromatic rings. The molecule has 1 aliphatic heterocycles. The van der Waals surface area contributed by atoms with E-state index in [4.69, 9.17) is 9.84 Å². The summed E-state index contributed by atoms with van der Waals surface area (Å²) in [5, 5.41) is 19.7. The molecule has 0 spiro atoms. The predicted octanol–water partition coefficient (Wildman–Crippen LogP) is 1.80. The van der Waals surface area contributed by atoms with Gasteiger partial charge in [0.2, 0.25) is 0 Å². The highest BCUT2D eigenvalue weighted by Crippen LogP contribution is 2.22. The van der Waals surface area contributed by atoms with Crippen molar-refractivity contribution in [1.82, 2.24) is 4.90 Å². The topological polar surface area (TPSA) is 52.9 Å². The summed E-state index contributed by atoms with van der Waals surface area (Å²) in [6.45, 7) is 3.95. The molecule has 2 N–H and O–H groups in total. The Kier molecular flexibility index (Phi) is 6.64. The molecule has 2 rings (SSSR count). The zero-order chi connectivity index (χ0) is 15.0. The first kappa shape index (κ1) is 16.4. The van der Waals surface area contributed by atoms with Gasteiger partial charge in [-0.2, -0.15) is 0 Å². The molecular weight excluding hydrogens is 266 g/mol. The van der Waals surface area contributed by atoms with Crippen LogP contribution in [-0.2, 0) is 11.3 Å². The minimum atomic E-state index is -0.633. The number of rotatable bonds is 8. The van der Waals surface area contributed by atoms with Crippen LogP contribution in [0.15, 0.2) is 30.3 Å². The van der Waals surface area contributed by atoms with E-state index in [2.05, 4.69) is 17.0 Å². The van der Waals surface area contributed by atoms with E-state index in [9.17, 15) is 5.11 Å². The molecule has 118 valence electrons. The lowest BCUT2D eigenvalue weighted by Crippen LogP contribution is -2.46. The van der Waals surface area contributed by atoms with Crippen LogP contribution in [0.3, 0.4) is 0 Å². The number of hydrogen-bond acceptors (Lipinski definition) is 4. The highest BCUT2D eigenvalue weighted by Gasteiger charge is 2.31. The Bertz CT molecular complexity index is 390. The smallest absolute Gasteiger partial charge is 0.0818 e. The van der Waals surface area contributed by atoms with E-state index in [-0.39, 0.29) is 6.61 Å². The molecule has 4 nitrogen and oxygen atoms in total. The Balaban J connectivity index is 1.94. The summed E-state index contributed by atoms with van der Waals surface area (Å²) >= 11 is 0. The SMILES string of the molecule is OCCCCN(Cc1ccccc1)CC1(O)CCOCC1. The number of benzene rings is 1. The van der Waals surface area contributed by atoms with Gasteiger partial charge in [-0.1, -0.05) is 30.3 Å². The number of nitrogens with zero attached hydrogens (tertiary/aromatic N) is 1. The van der Waals surface area contributed by atoms with E-state index in [0.717, 1.165) is 25.9 Å². The third-order valence-corrected chi connectivity index (χ3v) is 4.07. The van der Waals surface area contributed by atoms with Gasteiger partial charge in [0.25, 0.3) is 0 Å². The molecule has 0 unspecified atom stereocenters. The van der Waals surface area contributed by atoms with Gasteiger partial charge in [-0.3, -0.25) is 4.90 Å². The maximum atomic E-state index is 10.7. The van der Waals surface area contributed by atoms with E-state index in [1.54, 1.807) is 0 Å². The molecule has 0 aliphatic carbocycles. The highest BCUT2D eigenvalue weighted by molar-refractivity contribution is 5.14. The van der Waals surface area contributed by atoms with Crippen LogP contribution in [0.25, 0.3) is 0 Å². The summed E-state index contributed by atoms with van der Waals surface area (Å²) in [7, 11) is 0. The molecule has 0 saturated carbocycles. The summed E-state index contributed by atoms with van der Waals surface area (Å²) in [5.74, 6) is 0. The fourth-order valence-electron chi connectivity index (χ4n) is 2.83. The molecule has 0 atom stereocenters. The Morgan fingerprint density at radius 1 is 1.10 bits per heavy atom. The van der Waals surface area contributed by atoms with Crippen LogP contribution in [0.4, 0.5) is 0 Å². The molecule has 0 bridgehead atoms. The molecule has 4 heteroatoms. The summed E-state index contributed by atoms with van der Waals surface area (Å²) in [5.41, 5.74) is 0.629. The molecule has 21 heavy (non-hydrogen) atoms. The summed E-state index contributed by atoms with van der Waals surface area (Å²) in [6, 6.07) is 10.3. The van der Waals surface area contributed by atoms with Gasteiger partial charge in [0.15, 0.2) is 0 Å². The van der Waals surface area contributed by atoms with Gasteiger partial charge in [-0.05, 0) is 24.9 Å². The summed E-state index contributed by atoms with van der Waals surface area (Å²) < 4.78 is 5.35. The van der Waals surface area contributed by atoms with Gasteiger partial charge in [0.1, 0.15) is 0 Å². The van der Waals surface area contributed by atoms with E-state index >= 15 is 0 Å². The third kappa shape index (κ3) is 5.75. The van der Waals surface area contributed by atoms with Gasteiger partial charge < -0.3 is 14.9 Å². The molecule has 0 radical (unpaired) electrons. The molecular formula is C17H27NO3. The van der Waals surface area contributed by atoms with E-state index in [0.29, 0.717) is 32.6 Å². The fraction of sp³-hybridized carbons (Fsp3) is 0.647. The van der Waals surface area contributed by atoms with Crippen molar-refractivity contribution >= 4 is 0 Å². The third-order valence-electron chi connectivity index (χ3n) is 4.07. The van der Waals surface area contributed by atoms with Crippen LogP contribution in [0.2, 0.25) is 0 Å². The Hall–Kier alpha value is -0.940. The molecule has 1 saturated heterocycles. The first-order chi connectivity index (χ1) is 10.2. The van der Waals surface area contributed by atoms with Crippen molar-refractivity contribution in [3.8, 4) is 0 Å². The van der Waals surface area contributed by atoms with Crippen LogP contribution in [0.5, 0.6) is 0 Å². The van der Waals surface area contributed by atoms with Crippen LogP contribution < -0.4 is 0 Å². The van der Waals surface area contributed by atoms with Crippen LogP contribution >= 0.6 is 0 Å². The quantitative estimate of drug-likeness (QED) is 0.718. The van der Waals surface area contributed by atoms with Crippen molar-refractivity contribution < 1.29 is 14.9 Å². The second kappa shape index (κ2) is 8.49. The lowest BCUT2D eigenvalue weighted by atomic mass is 9.93. The number of ether oxygens (including phenoxy) is 1. The van der Waals surface area contributed by atoms with E-state index in [1.165, 1.54) is 5.56 Å². The summed E-state index contributed by atoms with van der Waals surface area (Å²) in [4.78, 5) is 2.30. The minimum Gasteiger partial charge on any atom is -0.396 e. The van der Waals surface area contributed by atoms with Crippen molar-refractivity contribution in [3.63, 3.8) is 0 Å². The van der Waals surface area contributed by atoms with E-state index in [1.807, 2.05) is 18.2 Å². The number of aliphatic hydroxyl groups excluding tert-OH is 1. The number of hydrogen-bond donors (Lipinski definition) is 2. The van der Waals surface area contributed by atoms with Crippen molar-refractivity contribution in [2.45, 2.75) is 37.8 Å². The number of unbranched alkanes of at least 4 members (excludes halogenated alkanes) is 1.